The van der Waals surface area contributed by atoms with Crippen molar-refractivity contribution in [3.63, 3.8) is 0 Å². The van der Waals surface area contributed by atoms with Crippen LogP contribution in [0.3, 0.4) is 0 Å². The smallest absolute Gasteiger partial charge is 0.228 e. The summed E-state index contributed by atoms with van der Waals surface area (Å²) in [5.74, 6) is -0.658. The maximum atomic E-state index is 13.2. The van der Waals surface area contributed by atoms with Gasteiger partial charge in [0.15, 0.2) is 0 Å². The highest BCUT2D eigenvalue weighted by molar-refractivity contribution is 5.92. The summed E-state index contributed by atoms with van der Waals surface area (Å²) >= 11 is 0. The van der Waals surface area contributed by atoms with Gasteiger partial charge in [0, 0.05) is 12.4 Å². The van der Waals surface area contributed by atoms with Crippen molar-refractivity contribution in [3.05, 3.63) is 54.1 Å². The van der Waals surface area contributed by atoms with Gasteiger partial charge in [-0.3, -0.25) is 4.79 Å². The van der Waals surface area contributed by atoms with Crippen LogP contribution in [0, 0.1) is 5.82 Å². The summed E-state index contributed by atoms with van der Waals surface area (Å²) in [4.78, 5) is 14.4. The van der Waals surface area contributed by atoms with Crippen LogP contribution in [-0.2, 0) is 11.2 Å². The number of halogens is 1. The zero-order valence-corrected chi connectivity index (χ0v) is 8.53. The molecule has 0 radical (unpaired) electrons. The monoisotopic (exact) mass is 218 g/mol. The predicted molar refractivity (Wildman–Crippen MR) is 59.5 cm³/mol. The van der Waals surface area contributed by atoms with Gasteiger partial charge in [0.1, 0.15) is 5.82 Å². The van der Waals surface area contributed by atoms with Gasteiger partial charge in [-0.15, -0.1) is 0 Å². The predicted octanol–water partition coefficient (Wildman–Crippen LogP) is 2.33. The molecule has 1 aromatic heterocycles. The van der Waals surface area contributed by atoms with Crippen LogP contribution in [0.25, 0.3) is 0 Å². The van der Waals surface area contributed by atoms with Crippen molar-refractivity contribution in [3.8, 4) is 0 Å². The number of hydrogen-bond acceptors (Lipinski definition) is 1. The maximum absolute atomic E-state index is 13.2. The number of rotatable bonds is 3. The molecule has 2 rings (SSSR count). The Balaban J connectivity index is 2.00. The van der Waals surface area contributed by atoms with Crippen molar-refractivity contribution in [2.75, 3.05) is 5.32 Å². The summed E-state index contributed by atoms with van der Waals surface area (Å²) in [6.07, 6.45) is 3.71. The largest absolute Gasteiger partial charge is 0.367 e. The van der Waals surface area contributed by atoms with E-state index in [4.69, 9.17) is 0 Å². The van der Waals surface area contributed by atoms with Gasteiger partial charge in [-0.25, -0.2) is 4.39 Å². The molecular weight excluding hydrogens is 207 g/mol. The Kier molecular flexibility index (Phi) is 3.00. The highest BCUT2D eigenvalue weighted by Gasteiger charge is 2.06. The molecule has 0 saturated carbocycles. The van der Waals surface area contributed by atoms with Crippen LogP contribution in [0.1, 0.15) is 5.56 Å². The standard InChI is InChI=1S/C12H11FN2O/c13-10-3-1-2-4-11(10)15-12(16)7-9-5-6-14-8-9/h1-6,8,14H,7H2,(H,15,16). The SMILES string of the molecule is O=C(Cc1cc[nH]c1)Nc1ccccc1F. The number of benzene rings is 1. The Bertz CT molecular complexity index is 480. The van der Waals surface area contributed by atoms with Crippen LogP contribution < -0.4 is 5.32 Å². The second-order valence-corrected chi connectivity index (χ2v) is 3.42. The number of carbonyl (C=O) groups excluding carboxylic acids is 1. The van der Waals surface area contributed by atoms with Gasteiger partial charge < -0.3 is 10.3 Å². The fourth-order valence-corrected chi connectivity index (χ4v) is 1.41. The molecule has 0 aliphatic rings. The highest BCUT2D eigenvalue weighted by atomic mass is 19.1. The highest BCUT2D eigenvalue weighted by Crippen LogP contribution is 2.12. The second kappa shape index (κ2) is 4.61. The van der Waals surface area contributed by atoms with Crippen molar-refractivity contribution < 1.29 is 9.18 Å². The summed E-state index contributed by atoms with van der Waals surface area (Å²) in [5.41, 5.74) is 1.08. The molecule has 0 aliphatic carbocycles. The molecule has 0 atom stereocenters. The van der Waals surface area contributed by atoms with E-state index in [-0.39, 0.29) is 18.0 Å². The summed E-state index contributed by atoms with van der Waals surface area (Å²) in [6.45, 7) is 0. The molecule has 1 heterocycles. The maximum Gasteiger partial charge on any atom is 0.228 e. The number of carbonyl (C=O) groups is 1. The van der Waals surface area contributed by atoms with Crippen LogP contribution in [0.4, 0.5) is 10.1 Å². The van der Waals surface area contributed by atoms with Crippen molar-refractivity contribution >= 4 is 11.6 Å². The summed E-state index contributed by atoms with van der Waals surface area (Å²) in [5, 5.41) is 2.52. The van der Waals surface area contributed by atoms with Crippen LogP contribution in [-0.4, -0.2) is 10.9 Å². The molecule has 2 N–H and O–H groups in total. The number of hydrogen-bond donors (Lipinski definition) is 2. The number of amides is 1. The van der Waals surface area contributed by atoms with E-state index >= 15 is 0 Å². The quantitative estimate of drug-likeness (QED) is 0.816. The van der Waals surface area contributed by atoms with Crippen LogP contribution in [0.15, 0.2) is 42.7 Å². The molecule has 82 valence electrons. The Morgan fingerprint density at radius 2 is 2.12 bits per heavy atom. The van der Waals surface area contributed by atoms with Gasteiger partial charge in [-0.2, -0.15) is 0 Å². The first kappa shape index (κ1) is 10.4. The Morgan fingerprint density at radius 3 is 2.81 bits per heavy atom. The number of aromatic nitrogens is 1. The number of aromatic amines is 1. The van der Waals surface area contributed by atoms with E-state index < -0.39 is 5.82 Å². The number of nitrogens with one attached hydrogen (secondary N) is 2. The fourth-order valence-electron chi connectivity index (χ4n) is 1.41. The van der Waals surface area contributed by atoms with Crippen molar-refractivity contribution in [1.29, 1.82) is 0 Å². The molecule has 4 heteroatoms. The molecule has 16 heavy (non-hydrogen) atoms. The summed E-state index contributed by atoms with van der Waals surface area (Å²) in [6, 6.07) is 7.91. The van der Waals surface area contributed by atoms with E-state index in [1.165, 1.54) is 12.1 Å². The first-order chi connectivity index (χ1) is 7.75. The average molecular weight is 218 g/mol. The lowest BCUT2D eigenvalue weighted by Gasteiger charge is -2.04. The zero-order chi connectivity index (χ0) is 11.4. The van der Waals surface area contributed by atoms with Gasteiger partial charge in [0.2, 0.25) is 5.91 Å². The molecule has 1 amide bonds. The third kappa shape index (κ3) is 2.48. The van der Waals surface area contributed by atoms with Crippen molar-refractivity contribution in [1.82, 2.24) is 4.98 Å². The second-order valence-electron chi connectivity index (χ2n) is 3.42. The van der Waals surface area contributed by atoms with E-state index in [9.17, 15) is 9.18 Å². The lowest BCUT2D eigenvalue weighted by Crippen LogP contribution is -2.14. The van der Waals surface area contributed by atoms with E-state index in [0.717, 1.165) is 5.56 Å². The van der Waals surface area contributed by atoms with Crippen LogP contribution in [0.2, 0.25) is 0 Å². The van der Waals surface area contributed by atoms with E-state index in [2.05, 4.69) is 10.3 Å². The van der Waals surface area contributed by atoms with Gasteiger partial charge in [-0.05, 0) is 23.8 Å². The van der Waals surface area contributed by atoms with Gasteiger partial charge in [-0.1, -0.05) is 12.1 Å². The third-order valence-corrected chi connectivity index (χ3v) is 2.17. The molecule has 0 bridgehead atoms. The molecular formula is C12H11FN2O. The Labute approximate surface area is 92.3 Å². The molecule has 3 nitrogen and oxygen atoms in total. The lowest BCUT2D eigenvalue weighted by atomic mass is 10.2. The third-order valence-electron chi connectivity index (χ3n) is 2.17. The molecule has 0 saturated heterocycles. The number of H-pyrrole nitrogens is 1. The summed E-state index contributed by atoms with van der Waals surface area (Å²) < 4.78 is 13.2. The molecule has 0 unspecified atom stereocenters. The molecule has 0 fully saturated rings. The Hall–Kier alpha value is -2.10. The molecule has 1 aromatic carbocycles. The van der Waals surface area contributed by atoms with Crippen LogP contribution >= 0.6 is 0 Å². The topological polar surface area (TPSA) is 44.9 Å². The average Bonchev–Trinajstić information content (AvgIpc) is 2.74. The van der Waals surface area contributed by atoms with Crippen molar-refractivity contribution in [2.24, 2.45) is 0 Å². The summed E-state index contributed by atoms with van der Waals surface area (Å²) in [7, 11) is 0. The normalized spacial score (nSPS) is 10.1. The molecule has 0 aliphatic heterocycles. The minimum absolute atomic E-state index is 0.211. The first-order valence-electron chi connectivity index (χ1n) is 4.92. The van der Waals surface area contributed by atoms with E-state index in [1.807, 2.05) is 0 Å². The minimum Gasteiger partial charge on any atom is -0.367 e. The van der Waals surface area contributed by atoms with Gasteiger partial charge in [0.25, 0.3) is 0 Å². The molecule has 2 aromatic rings. The van der Waals surface area contributed by atoms with Gasteiger partial charge in [0.05, 0.1) is 12.1 Å². The Morgan fingerprint density at radius 1 is 1.31 bits per heavy atom. The van der Waals surface area contributed by atoms with Crippen LogP contribution in [0.5, 0.6) is 0 Å². The minimum atomic E-state index is -0.426. The fraction of sp³-hybridized carbons (Fsp3) is 0.0833. The molecule has 0 spiro atoms. The number of para-hydroxylation sites is 1. The zero-order valence-electron chi connectivity index (χ0n) is 8.53. The van der Waals surface area contributed by atoms with Gasteiger partial charge >= 0.3 is 0 Å². The van der Waals surface area contributed by atoms with Crippen molar-refractivity contribution in [2.45, 2.75) is 6.42 Å². The van der Waals surface area contributed by atoms with E-state index in [1.54, 1.807) is 30.6 Å². The first-order valence-corrected chi connectivity index (χ1v) is 4.92. The van der Waals surface area contributed by atoms with E-state index in [0.29, 0.717) is 0 Å². The lowest BCUT2D eigenvalue weighted by molar-refractivity contribution is -0.115. The number of anilines is 1.